The van der Waals surface area contributed by atoms with E-state index in [1.165, 1.54) is 31.1 Å². The van der Waals surface area contributed by atoms with E-state index in [0.29, 0.717) is 0 Å². The lowest BCUT2D eigenvalue weighted by atomic mass is 10.4. The molecule has 1 aliphatic heterocycles. The van der Waals surface area contributed by atoms with Crippen molar-refractivity contribution in [3.8, 4) is 0 Å². The van der Waals surface area contributed by atoms with Gasteiger partial charge in [-0.25, -0.2) is 0 Å². The van der Waals surface area contributed by atoms with Gasteiger partial charge in [-0.15, -0.1) is 0 Å². The van der Waals surface area contributed by atoms with Crippen LogP contribution in [0.2, 0.25) is 6.04 Å². The van der Waals surface area contributed by atoms with E-state index in [-0.39, 0.29) is 0 Å². The van der Waals surface area contributed by atoms with Gasteiger partial charge in [0, 0.05) is 6.61 Å². The molecule has 1 rings (SSSR count). The Labute approximate surface area is 68.9 Å². The van der Waals surface area contributed by atoms with Gasteiger partial charge in [0.05, 0.1) is 0 Å². The minimum absolute atomic E-state index is 0.394. The Kier molecular flexibility index (Phi) is 4.49. The summed E-state index contributed by atoms with van der Waals surface area (Å²) in [6, 6.07) is 1.37. The lowest BCUT2D eigenvalue weighted by molar-refractivity contribution is 0.300. The van der Waals surface area contributed by atoms with E-state index in [1.807, 2.05) is 0 Å². The summed E-state index contributed by atoms with van der Waals surface area (Å²) in [5.74, 6) is 1.30. The molecule has 1 heterocycles. The predicted molar refractivity (Wildman–Crippen MR) is 48.5 cm³/mol. The zero-order chi connectivity index (χ0) is 7.23. The summed E-state index contributed by atoms with van der Waals surface area (Å²) in [6.45, 7) is 3.27. The maximum atomic E-state index is 5.64. The van der Waals surface area contributed by atoms with E-state index in [1.54, 1.807) is 0 Å². The molecular formula is C7H15OSSi. The number of rotatable bonds is 3. The molecule has 1 nitrogen and oxygen atoms in total. The van der Waals surface area contributed by atoms with Crippen molar-refractivity contribution < 1.29 is 4.43 Å². The summed E-state index contributed by atoms with van der Waals surface area (Å²) in [5.41, 5.74) is 0. The first-order valence-electron chi connectivity index (χ1n) is 4.05. The summed E-state index contributed by atoms with van der Waals surface area (Å²) in [6.07, 6.45) is 3.99. The second-order valence-electron chi connectivity index (χ2n) is 2.53. The molecule has 1 aliphatic rings. The summed E-state index contributed by atoms with van der Waals surface area (Å²) in [4.78, 5) is 0. The van der Waals surface area contributed by atoms with Crippen LogP contribution in [0.5, 0.6) is 0 Å². The minimum atomic E-state index is -0.394. The van der Waals surface area contributed by atoms with Crippen LogP contribution in [0.4, 0.5) is 0 Å². The van der Waals surface area contributed by atoms with Gasteiger partial charge in [0.25, 0.3) is 8.19 Å². The molecule has 0 aromatic carbocycles. The molecule has 1 fully saturated rings. The van der Waals surface area contributed by atoms with Crippen LogP contribution in [0.25, 0.3) is 0 Å². The molecule has 1 saturated heterocycles. The lowest BCUT2D eigenvalue weighted by Gasteiger charge is -2.18. The molecule has 0 aromatic rings. The van der Waals surface area contributed by atoms with Crippen LogP contribution in [0.3, 0.4) is 0 Å². The molecule has 1 radical (unpaired) electrons. The molecule has 59 valence electrons. The molecule has 0 saturated carbocycles. The molecule has 0 spiro atoms. The van der Waals surface area contributed by atoms with Crippen molar-refractivity contribution in [1.29, 1.82) is 0 Å². The molecule has 0 bridgehead atoms. The van der Waals surface area contributed by atoms with Gasteiger partial charge in [-0.2, -0.15) is 11.2 Å². The van der Waals surface area contributed by atoms with Crippen molar-refractivity contribution in [1.82, 2.24) is 0 Å². The highest BCUT2D eigenvalue weighted by molar-refractivity contribution is 8.24. The van der Waals surface area contributed by atoms with Crippen LogP contribution in [0.1, 0.15) is 26.2 Å². The maximum absolute atomic E-state index is 5.64. The quantitative estimate of drug-likeness (QED) is 0.609. The maximum Gasteiger partial charge on any atom is 0.282 e. The van der Waals surface area contributed by atoms with Gasteiger partial charge < -0.3 is 4.43 Å². The Bertz CT molecular complexity index is 83.7. The Morgan fingerprint density at radius 3 is 3.00 bits per heavy atom. The molecule has 0 aromatic heterocycles. The zero-order valence-electron chi connectivity index (χ0n) is 6.56. The first-order chi connectivity index (χ1) is 4.93. The second-order valence-corrected chi connectivity index (χ2v) is 6.99. The molecule has 0 amide bonds. The van der Waals surface area contributed by atoms with E-state index in [2.05, 4.69) is 18.1 Å². The highest BCUT2D eigenvalue weighted by Gasteiger charge is 2.16. The molecule has 0 N–H and O–H groups in total. The average Bonchev–Trinajstić information content (AvgIpc) is 2.03. The largest absolute Gasteiger partial charge is 0.406 e. The van der Waals surface area contributed by atoms with Gasteiger partial charge in [0.2, 0.25) is 0 Å². The Balaban J connectivity index is 2.02. The molecule has 0 aliphatic carbocycles. The Morgan fingerprint density at radius 1 is 1.50 bits per heavy atom. The number of hydrogen-bond donors (Lipinski definition) is 0. The first-order valence-corrected chi connectivity index (χ1v) is 7.37. The predicted octanol–water partition coefficient (Wildman–Crippen LogP) is 2.43. The van der Waals surface area contributed by atoms with Crippen molar-refractivity contribution in [2.24, 2.45) is 0 Å². The van der Waals surface area contributed by atoms with E-state index >= 15 is 0 Å². The molecule has 3 heteroatoms. The first kappa shape index (κ1) is 8.62. The minimum Gasteiger partial charge on any atom is -0.406 e. The van der Waals surface area contributed by atoms with Gasteiger partial charge in [-0.05, 0) is 24.6 Å². The van der Waals surface area contributed by atoms with E-state index in [0.717, 1.165) is 6.61 Å². The lowest BCUT2D eigenvalue weighted by Crippen LogP contribution is -2.20. The van der Waals surface area contributed by atoms with Crippen molar-refractivity contribution in [2.45, 2.75) is 32.2 Å². The third kappa shape index (κ3) is 3.08. The van der Waals surface area contributed by atoms with E-state index in [4.69, 9.17) is 4.43 Å². The van der Waals surface area contributed by atoms with E-state index in [9.17, 15) is 0 Å². The van der Waals surface area contributed by atoms with Crippen molar-refractivity contribution in [3.63, 3.8) is 0 Å². The fourth-order valence-corrected chi connectivity index (χ4v) is 5.34. The fraction of sp³-hybridized carbons (Fsp3) is 1.00. The van der Waals surface area contributed by atoms with Gasteiger partial charge in [-0.3, -0.25) is 0 Å². The number of hydrogen-bond acceptors (Lipinski definition) is 2. The van der Waals surface area contributed by atoms with E-state index < -0.39 is 8.19 Å². The van der Waals surface area contributed by atoms with Crippen LogP contribution in [-0.4, -0.2) is 20.5 Å². The summed E-state index contributed by atoms with van der Waals surface area (Å²) in [7, 11) is -0.394. The van der Waals surface area contributed by atoms with Crippen molar-refractivity contribution in [2.75, 3.05) is 12.4 Å². The van der Waals surface area contributed by atoms with Crippen molar-refractivity contribution >= 4 is 19.4 Å². The summed E-state index contributed by atoms with van der Waals surface area (Å²) >= 11 is 2.08. The van der Waals surface area contributed by atoms with Crippen LogP contribution in [0.15, 0.2) is 0 Å². The monoisotopic (exact) mass is 175 g/mol. The molecule has 0 atom stereocenters. The second kappa shape index (κ2) is 5.21. The van der Waals surface area contributed by atoms with Crippen molar-refractivity contribution in [3.05, 3.63) is 0 Å². The van der Waals surface area contributed by atoms with Crippen LogP contribution < -0.4 is 0 Å². The topological polar surface area (TPSA) is 9.23 Å². The summed E-state index contributed by atoms with van der Waals surface area (Å²) < 4.78 is 5.64. The SMILES string of the molecule is CCCS[Si]1CCCCO1. The van der Waals surface area contributed by atoms with Crippen LogP contribution in [0, 0.1) is 0 Å². The third-order valence-corrected chi connectivity index (χ3v) is 6.27. The Morgan fingerprint density at radius 2 is 2.40 bits per heavy atom. The standard InChI is InChI=1S/C7H15OSSi/c1-2-6-9-10-7-4-3-5-8-10/h2-7H2,1H3. The van der Waals surface area contributed by atoms with Crippen LogP contribution >= 0.6 is 11.2 Å². The molecule has 10 heavy (non-hydrogen) atoms. The summed E-state index contributed by atoms with van der Waals surface area (Å²) in [5, 5.41) is 0. The van der Waals surface area contributed by atoms with Crippen LogP contribution in [-0.2, 0) is 4.43 Å². The fourth-order valence-electron chi connectivity index (χ4n) is 0.959. The van der Waals surface area contributed by atoms with Gasteiger partial charge in [0.1, 0.15) is 0 Å². The van der Waals surface area contributed by atoms with Gasteiger partial charge in [-0.1, -0.05) is 13.3 Å². The average molecular weight is 175 g/mol. The highest BCUT2D eigenvalue weighted by Crippen LogP contribution is 2.20. The van der Waals surface area contributed by atoms with Gasteiger partial charge >= 0.3 is 0 Å². The van der Waals surface area contributed by atoms with Gasteiger partial charge in [0.15, 0.2) is 0 Å². The Hall–Kier alpha value is 0.527. The third-order valence-electron chi connectivity index (χ3n) is 1.51. The molecule has 0 unspecified atom stereocenters. The highest BCUT2D eigenvalue weighted by atomic mass is 32.4. The zero-order valence-corrected chi connectivity index (χ0v) is 8.38. The molecular weight excluding hydrogens is 160 g/mol. The smallest absolute Gasteiger partial charge is 0.282 e. The normalized spacial score (nSPS) is 21.3.